The van der Waals surface area contributed by atoms with E-state index in [4.69, 9.17) is 21.1 Å². The molecule has 0 N–H and O–H groups in total. The Bertz CT molecular complexity index is 1540. The first-order chi connectivity index (χ1) is 17.0. The quantitative estimate of drug-likeness (QED) is 0.321. The molecule has 4 aromatic rings. The van der Waals surface area contributed by atoms with Crippen LogP contribution < -0.4 is 0 Å². The molecular weight excluding hydrogens is 503 g/mol. The summed E-state index contributed by atoms with van der Waals surface area (Å²) in [6.45, 7) is 6.71. The van der Waals surface area contributed by atoms with Crippen LogP contribution in [0.25, 0.3) is 22.2 Å². The molecule has 0 bridgehead atoms. The third kappa shape index (κ3) is 4.55. The fourth-order valence-electron chi connectivity index (χ4n) is 5.23. The fraction of sp³-hybridized carbons (Fsp3) is 0.385. The minimum atomic E-state index is -3.29. The maximum absolute atomic E-state index is 14.1. The van der Waals surface area contributed by atoms with Gasteiger partial charge in [0, 0.05) is 24.6 Å². The van der Waals surface area contributed by atoms with E-state index in [1.165, 1.54) is 16.6 Å². The summed E-state index contributed by atoms with van der Waals surface area (Å²) in [5.41, 5.74) is 5.30. The smallest absolute Gasteiger partial charge is 0.211 e. The Labute approximate surface area is 214 Å². The van der Waals surface area contributed by atoms with Crippen LogP contribution in [-0.4, -0.2) is 46.8 Å². The molecule has 0 spiro atoms. The van der Waals surface area contributed by atoms with Crippen LogP contribution in [0.3, 0.4) is 0 Å². The van der Waals surface area contributed by atoms with Gasteiger partial charge in [0.15, 0.2) is 0 Å². The summed E-state index contributed by atoms with van der Waals surface area (Å²) in [7, 11) is -3.29. The molecule has 1 aliphatic heterocycles. The largest absolute Gasteiger partial charge is 0.361 e. The molecule has 0 amide bonds. The van der Waals surface area contributed by atoms with Crippen molar-refractivity contribution < 1.29 is 17.3 Å². The number of aromatic nitrogens is 3. The molecule has 2 aromatic carbocycles. The van der Waals surface area contributed by atoms with Crippen molar-refractivity contribution in [2.75, 3.05) is 19.3 Å². The van der Waals surface area contributed by atoms with E-state index in [0.29, 0.717) is 25.9 Å². The van der Waals surface area contributed by atoms with Crippen LogP contribution in [0.15, 0.2) is 40.9 Å². The zero-order chi connectivity index (χ0) is 25.8. The molecule has 0 saturated carbocycles. The van der Waals surface area contributed by atoms with Crippen LogP contribution >= 0.6 is 11.6 Å². The van der Waals surface area contributed by atoms with Crippen molar-refractivity contribution in [1.29, 1.82) is 0 Å². The molecule has 36 heavy (non-hydrogen) atoms. The number of aryl methyl sites for hydroxylation is 2. The van der Waals surface area contributed by atoms with Gasteiger partial charge >= 0.3 is 0 Å². The van der Waals surface area contributed by atoms with Gasteiger partial charge in [-0.3, -0.25) is 0 Å². The third-order valence-electron chi connectivity index (χ3n) is 6.97. The third-order valence-corrected chi connectivity index (χ3v) is 8.54. The lowest BCUT2D eigenvalue weighted by Gasteiger charge is -2.21. The number of fused-ring (bicyclic) bond motifs is 1. The number of hydrogen-bond donors (Lipinski definition) is 0. The minimum absolute atomic E-state index is 0.0472. The second-order valence-corrected chi connectivity index (χ2v) is 12.0. The minimum Gasteiger partial charge on any atom is -0.361 e. The number of imidazole rings is 1. The Balaban J connectivity index is 1.59. The van der Waals surface area contributed by atoms with Crippen molar-refractivity contribution in [2.45, 2.75) is 45.6 Å². The van der Waals surface area contributed by atoms with Gasteiger partial charge in [-0.1, -0.05) is 35.8 Å². The van der Waals surface area contributed by atoms with Crippen LogP contribution in [0.5, 0.6) is 0 Å². The van der Waals surface area contributed by atoms with Crippen LogP contribution in [0.1, 0.15) is 48.1 Å². The van der Waals surface area contributed by atoms with Crippen LogP contribution in [-0.2, 0) is 16.4 Å². The van der Waals surface area contributed by atoms with E-state index >= 15 is 0 Å². The van der Waals surface area contributed by atoms with Crippen LogP contribution in [0.4, 0.5) is 4.39 Å². The Morgan fingerprint density at radius 3 is 2.64 bits per heavy atom. The SMILES string of the molecule is Cc1noc(C)c1-c1ccc2c(c1)nc([C@H](C)Cc1ccc(Cl)c(F)c1)n2[C@@H]1CCN(S(C)(=O)=O)C1. The number of nitrogens with zero attached hydrogens (tertiary/aromatic N) is 4. The Morgan fingerprint density at radius 1 is 1.22 bits per heavy atom. The van der Waals surface area contributed by atoms with Gasteiger partial charge in [0.05, 0.1) is 34.0 Å². The first kappa shape index (κ1) is 24.9. The molecule has 7 nitrogen and oxygen atoms in total. The van der Waals surface area contributed by atoms with E-state index < -0.39 is 15.8 Å². The molecular formula is C26H28ClFN4O3S. The lowest BCUT2D eigenvalue weighted by Crippen LogP contribution is -2.28. The molecule has 0 unspecified atom stereocenters. The van der Waals surface area contributed by atoms with E-state index in [-0.39, 0.29) is 17.0 Å². The number of hydrogen-bond acceptors (Lipinski definition) is 5. The number of rotatable bonds is 6. The standard InChI is InChI=1S/C26H28ClFN4O3S/c1-15(11-18-5-7-21(27)22(28)12-18)26-29-23-13-19(25-16(2)30-35-17(25)3)6-8-24(23)32(26)20-9-10-31(14-20)36(4,33)34/h5-8,12-13,15,20H,9-11,14H2,1-4H3/t15-,20-/m1/s1. The number of sulfonamides is 1. The van der Waals surface area contributed by atoms with Crippen molar-refractivity contribution in [3.05, 3.63) is 70.1 Å². The molecule has 2 aromatic heterocycles. The highest BCUT2D eigenvalue weighted by molar-refractivity contribution is 7.88. The molecule has 10 heteroatoms. The Morgan fingerprint density at radius 2 is 2.00 bits per heavy atom. The Hall–Kier alpha value is -2.75. The zero-order valence-corrected chi connectivity index (χ0v) is 22.2. The molecule has 1 saturated heterocycles. The van der Waals surface area contributed by atoms with Gasteiger partial charge in [0.1, 0.15) is 17.4 Å². The van der Waals surface area contributed by atoms with Crippen LogP contribution in [0.2, 0.25) is 5.02 Å². The van der Waals surface area contributed by atoms with Crippen molar-refractivity contribution in [3.63, 3.8) is 0 Å². The molecule has 2 atom stereocenters. The van der Waals surface area contributed by atoms with Crippen molar-refractivity contribution in [2.24, 2.45) is 0 Å². The summed E-state index contributed by atoms with van der Waals surface area (Å²) in [6, 6.07) is 10.9. The summed E-state index contributed by atoms with van der Waals surface area (Å²) in [6.07, 6.45) is 2.51. The summed E-state index contributed by atoms with van der Waals surface area (Å²) in [5, 5.41) is 4.17. The van der Waals surface area contributed by atoms with Gasteiger partial charge in [0.25, 0.3) is 0 Å². The average Bonchev–Trinajstić information content (AvgIpc) is 3.52. The predicted molar refractivity (Wildman–Crippen MR) is 138 cm³/mol. The highest BCUT2D eigenvalue weighted by Gasteiger charge is 2.33. The van der Waals surface area contributed by atoms with E-state index in [1.807, 2.05) is 38.1 Å². The second-order valence-electron chi connectivity index (χ2n) is 9.66. The first-order valence-electron chi connectivity index (χ1n) is 11.9. The fourth-order valence-corrected chi connectivity index (χ4v) is 6.23. The van der Waals surface area contributed by atoms with Gasteiger partial charge in [-0.25, -0.2) is 22.1 Å². The maximum atomic E-state index is 14.1. The highest BCUT2D eigenvalue weighted by Crippen LogP contribution is 2.36. The predicted octanol–water partition coefficient (Wildman–Crippen LogP) is 5.65. The Kier molecular flexibility index (Phi) is 6.43. The van der Waals surface area contributed by atoms with Gasteiger partial charge in [-0.2, -0.15) is 0 Å². The molecule has 190 valence electrons. The average molecular weight is 531 g/mol. The van der Waals surface area contributed by atoms with E-state index in [9.17, 15) is 12.8 Å². The van der Waals surface area contributed by atoms with E-state index in [2.05, 4.69) is 16.6 Å². The molecule has 5 rings (SSSR count). The van der Waals surface area contributed by atoms with Crippen molar-refractivity contribution >= 4 is 32.7 Å². The molecule has 3 heterocycles. The summed E-state index contributed by atoms with van der Waals surface area (Å²) >= 11 is 5.87. The summed E-state index contributed by atoms with van der Waals surface area (Å²) < 4.78 is 47.6. The summed E-state index contributed by atoms with van der Waals surface area (Å²) in [4.78, 5) is 5.03. The second kappa shape index (κ2) is 9.28. The van der Waals surface area contributed by atoms with Gasteiger partial charge < -0.3 is 9.09 Å². The lowest BCUT2D eigenvalue weighted by molar-refractivity contribution is 0.393. The lowest BCUT2D eigenvalue weighted by atomic mass is 10.00. The van der Waals surface area contributed by atoms with Crippen LogP contribution in [0, 0.1) is 19.7 Å². The topological polar surface area (TPSA) is 81.2 Å². The number of halogens is 2. The van der Waals surface area contributed by atoms with Gasteiger partial charge in [-0.05, 0) is 62.1 Å². The molecule has 1 fully saturated rings. The monoisotopic (exact) mass is 530 g/mol. The van der Waals surface area contributed by atoms with Crippen molar-refractivity contribution in [1.82, 2.24) is 19.0 Å². The summed E-state index contributed by atoms with van der Waals surface area (Å²) in [5.74, 6) is 1.09. The zero-order valence-electron chi connectivity index (χ0n) is 20.6. The van der Waals surface area contributed by atoms with Gasteiger partial charge in [-0.15, -0.1) is 0 Å². The molecule has 0 radical (unpaired) electrons. The van der Waals surface area contributed by atoms with E-state index in [1.54, 1.807) is 6.07 Å². The normalized spacial score (nSPS) is 17.8. The maximum Gasteiger partial charge on any atom is 0.211 e. The van der Waals surface area contributed by atoms with Gasteiger partial charge in [0.2, 0.25) is 10.0 Å². The molecule has 0 aliphatic carbocycles. The molecule has 1 aliphatic rings. The van der Waals surface area contributed by atoms with E-state index in [0.717, 1.165) is 45.0 Å². The highest BCUT2D eigenvalue weighted by atomic mass is 35.5. The van der Waals surface area contributed by atoms with Crippen molar-refractivity contribution in [3.8, 4) is 11.1 Å². The number of benzene rings is 2. The first-order valence-corrected chi connectivity index (χ1v) is 14.1.